The van der Waals surface area contributed by atoms with Gasteiger partial charge in [0.15, 0.2) is 0 Å². The van der Waals surface area contributed by atoms with Crippen molar-refractivity contribution in [3.63, 3.8) is 0 Å². The standard InChI is InChI=1S/C35H47Cl2N5O2/c1-2-3-4-5-6-7-8-9-10-11-12-21-40(24-19-38-32-17-22-41(43)34-26-28(36)13-15-30(32)34)25-20-39-33-18-23-42(44)35-27-29(37)14-16-31(33)35/h13-18,22-23,26-27,43-44H,2-12,19-21,24-25H2,1H3. The summed E-state index contributed by atoms with van der Waals surface area (Å²) in [6.45, 7) is 6.19. The Morgan fingerprint density at radius 2 is 1.02 bits per heavy atom. The third-order valence-corrected chi connectivity index (χ3v) is 8.66. The van der Waals surface area contributed by atoms with Crippen molar-refractivity contribution >= 4 is 45.0 Å². The summed E-state index contributed by atoms with van der Waals surface area (Å²) in [5, 5.41) is 25.0. The van der Waals surface area contributed by atoms with Crippen LogP contribution in [0.15, 0.2) is 70.9 Å². The molecule has 4 aromatic rings. The zero-order valence-electron chi connectivity index (χ0n) is 26.0. The van der Waals surface area contributed by atoms with E-state index in [1.165, 1.54) is 64.2 Å². The van der Waals surface area contributed by atoms with Gasteiger partial charge >= 0.3 is 0 Å². The topological polar surface area (TPSA) is 78.3 Å². The molecule has 2 aromatic carbocycles. The van der Waals surface area contributed by atoms with Crippen LogP contribution >= 0.6 is 23.2 Å². The lowest BCUT2D eigenvalue weighted by Gasteiger charge is -2.20. The Morgan fingerprint density at radius 3 is 1.48 bits per heavy atom. The van der Waals surface area contributed by atoms with Gasteiger partial charge in [-0.15, -0.1) is 0 Å². The monoisotopic (exact) mass is 639 g/mol. The van der Waals surface area contributed by atoms with Crippen molar-refractivity contribution in [2.75, 3.05) is 32.7 Å². The van der Waals surface area contributed by atoms with E-state index in [1.54, 1.807) is 24.5 Å². The minimum Gasteiger partial charge on any atom is -0.428 e. The Morgan fingerprint density at radius 1 is 0.591 bits per heavy atom. The first-order chi connectivity index (χ1) is 21.5. The normalized spacial score (nSPS) is 12.7. The molecule has 4 rings (SSSR count). The highest BCUT2D eigenvalue weighted by atomic mass is 35.5. The Bertz CT molecular complexity index is 1510. The molecule has 0 radical (unpaired) electrons. The van der Waals surface area contributed by atoms with E-state index in [1.807, 2.05) is 36.4 Å². The van der Waals surface area contributed by atoms with Crippen LogP contribution in [0, 0.1) is 0 Å². The van der Waals surface area contributed by atoms with Crippen LogP contribution in [0.1, 0.15) is 77.6 Å². The number of fused-ring (bicyclic) bond motifs is 2. The maximum absolute atomic E-state index is 10.2. The van der Waals surface area contributed by atoms with E-state index >= 15 is 0 Å². The molecular weight excluding hydrogens is 593 g/mol. The number of unbranched alkanes of at least 4 members (excludes halogenated alkanes) is 10. The van der Waals surface area contributed by atoms with Gasteiger partial charge in [0.05, 0.1) is 34.8 Å². The van der Waals surface area contributed by atoms with Crippen molar-refractivity contribution in [3.05, 3.63) is 81.7 Å². The van der Waals surface area contributed by atoms with Crippen LogP contribution in [0.3, 0.4) is 0 Å². The van der Waals surface area contributed by atoms with Crippen LogP contribution in [-0.4, -0.2) is 57.5 Å². The maximum Gasteiger partial charge on any atom is 0.0901 e. The summed E-state index contributed by atoms with van der Waals surface area (Å²) in [6, 6.07) is 14.6. The SMILES string of the molecule is CCCCCCCCCCCCCN(CCN=c1ccn(O)c2cc(Cl)ccc12)CCN=c1ccn(O)c2cc(Cl)ccc12. The van der Waals surface area contributed by atoms with Gasteiger partial charge < -0.3 is 10.4 Å². The van der Waals surface area contributed by atoms with Gasteiger partial charge in [-0.2, -0.15) is 9.46 Å². The molecule has 44 heavy (non-hydrogen) atoms. The molecule has 238 valence electrons. The van der Waals surface area contributed by atoms with E-state index in [4.69, 9.17) is 33.2 Å². The molecule has 0 unspecified atom stereocenters. The van der Waals surface area contributed by atoms with Crippen LogP contribution in [0.25, 0.3) is 21.8 Å². The average molecular weight is 641 g/mol. The quantitative estimate of drug-likeness (QED) is 0.0846. The lowest BCUT2D eigenvalue weighted by molar-refractivity contribution is 0.197. The van der Waals surface area contributed by atoms with E-state index in [2.05, 4.69) is 11.8 Å². The molecule has 0 saturated heterocycles. The zero-order valence-corrected chi connectivity index (χ0v) is 27.5. The van der Waals surface area contributed by atoms with Crippen LogP contribution in [0.2, 0.25) is 10.0 Å². The predicted molar refractivity (Wildman–Crippen MR) is 182 cm³/mol. The average Bonchev–Trinajstić information content (AvgIpc) is 3.02. The minimum absolute atomic E-state index is 0.572. The van der Waals surface area contributed by atoms with Gasteiger partial charge in [0.1, 0.15) is 0 Å². The molecule has 0 amide bonds. The van der Waals surface area contributed by atoms with Crippen LogP contribution < -0.4 is 10.7 Å². The molecule has 2 heterocycles. The highest BCUT2D eigenvalue weighted by molar-refractivity contribution is 6.31. The summed E-state index contributed by atoms with van der Waals surface area (Å²) in [6.07, 6.45) is 17.8. The first kappa shape index (κ1) is 33.9. The van der Waals surface area contributed by atoms with E-state index in [-0.39, 0.29) is 0 Å². The number of aromatic nitrogens is 2. The Kier molecular flexibility index (Phi) is 13.9. The highest BCUT2D eigenvalue weighted by Crippen LogP contribution is 2.17. The summed E-state index contributed by atoms with van der Waals surface area (Å²) >= 11 is 12.3. The fourth-order valence-corrected chi connectivity index (χ4v) is 6.01. The van der Waals surface area contributed by atoms with Crippen LogP contribution in [0.5, 0.6) is 0 Å². The molecule has 2 aromatic heterocycles. The fourth-order valence-electron chi connectivity index (χ4n) is 5.68. The molecule has 0 aliphatic carbocycles. The number of halogens is 2. The summed E-state index contributed by atoms with van der Waals surface area (Å²) in [7, 11) is 0. The largest absolute Gasteiger partial charge is 0.428 e. The lowest BCUT2D eigenvalue weighted by atomic mass is 10.1. The summed E-state index contributed by atoms with van der Waals surface area (Å²) < 4.78 is 2.17. The van der Waals surface area contributed by atoms with E-state index in [0.717, 1.165) is 57.0 Å². The van der Waals surface area contributed by atoms with Crippen molar-refractivity contribution in [3.8, 4) is 0 Å². The van der Waals surface area contributed by atoms with Crippen molar-refractivity contribution in [1.82, 2.24) is 14.4 Å². The minimum atomic E-state index is 0.572. The van der Waals surface area contributed by atoms with Gasteiger partial charge in [-0.05, 0) is 61.5 Å². The second kappa shape index (κ2) is 18.1. The van der Waals surface area contributed by atoms with Gasteiger partial charge in [-0.1, -0.05) is 94.3 Å². The van der Waals surface area contributed by atoms with E-state index in [0.29, 0.717) is 34.2 Å². The number of nitrogens with zero attached hydrogens (tertiary/aromatic N) is 5. The number of hydrogen-bond acceptors (Lipinski definition) is 5. The number of pyridine rings is 2. The smallest absolute Gasteiger partial charge is 0.0901 e. The molecule has 0 saturated carbocycles. The first-order valence-corrected chi connectivity index (χ1v) is 17.0. The van der Waals surface area contributed by atoms with Crippen molar-refractivity contribution in [1.29, 1.82) is 0 Å². The van der Waals surface area contributed by atoms with Gasteiger partial charge in [0, 0.05) is 46.3 Å². The maximum atomic E-state index is 10.2. The van der Waals surface area contributed by atoms with Gasteiger partial charge in [-0.25, -0.2) is 0 Å². The Labute approximate surface area is 271 Å². The van der Waals surface area contributed by atoms with Crippen molar-refractivity contribution < 1.29 is 10.4 Å². The second-order valence-electron chi connectivity index (χ2n) is 11.6. The van der Waals surface area contributed by atoms with Crippen molar-refractivity contribution in [2.24, 2.45) is 9.98 Å². The molecular formula is C35H47Cl2N5O2. The van der Waals surface area contributed by atoms with E-state index < -0.39 is 0 Å². The highest BCUT2D eigenvalue weighted by Gasteiger charge is 2.07. The van der Waals surface area contributed by atoms with E-state index in [9.17, 15) is 10.4 Å². The number of hydrogen-bond donors (Lipinski definition) is 2. The molecule has 7 nitrogen and oxygen atoms in total. The molecule has 9 heteroatoms. The zero-order chi connectivity index (χ0) is 31.1. The molecule has 0 aliphatic rings. The van der Waals surface area contributed by atoms with Gasteiger partial charge in [0.2, 0.25) is 0 Å². The van der Waals surface area contributed by atoms with Crippen LogP contribution in [0.4, 0.5) is 0 Å². The fraction of sp³-hybridized carbons (Fsp3) is 0.486. The second-order valence-corrected chi connectivity index (χ2v) is 12.4. The lowest BCUT2D eigenvalue weighted by Crippen LogP contribution is -2.31. The predicted octanol–water partition coefficient (Wildman–Crippen LogP) is 8.49. The number of benzene rings is 2. The summed E-state index contributed by atoms with van der Waals surface area (Å²) in [4.78, 5) is 12.2. The first-order valence-electron chi connectivity index (χ1n) is 16.2. The van der Waals surface area contributed by atoms with Gasteiger partial charge in [0.25, 0.3) is 0 Å². The van der Waals surface area contributed by atoms with Crippen LogP contribution in [-0.2, 0) is 0 Å². The molecule has 0 spiro atoms. The van der Waals surface area contributed by atoms with Crippen molar-refractivity contribution in [2.45, 2.75) is 77.6 Å². The third-order valence-electron chi connectivity index (χ3n) is 8.19. The molecule has 0 fully saturated rings. The molecule has 0 atom stereocenters. The Balaban J connectivity index is 1.36. The third kappa shape index (κ3) is 10.3. The summed E-state index contributed by atoms with van der Waals surface area (Å²) in [5.74, 6) is 0. The number of rotatable bonds is 18. The molecule has 2 N–H and O–H groups in total. The van der Waals surface area contributed by atoms with Gasteiger partial charge in [-0.3, -0.25) is 14.9 Å². The summed E-state index contributed by atoms with van der Waals surface area (Å²) in [5.41, 5.74) is 1.27. The molecule has 0 aliphatic heterocycles. The molecule has 0 bridgehead atoms. The Hall–Kier alpha value is -3.00.